The lowest BCUT2D eigenvalue weighted by atomic mass is 10.2. The summed E-state index contributed by atoms with van der Waals surface area (Å²) in [5.74, 6) is 0.823. The smallest absolute Gasteiger partial charge is 0.121 e. The molecule has 96 valence electrons. The fourth-order valence-corrected chi connectivity index (χ4v) is 1.89. The summed E-state index contributed by atoms with van der Waals surface area (Å²) < 4.78 is 10.6. The number of morpholine rings is 1. The third kappa shape index (κ3) is 2.88. The van der Waals surface area contributed by atoms with E-state index in [0.717, 1.165) is 43.4 Å². The van der Waals surface area contributed by atoms with Gasteiger partial charge in [0, 0.05) is 26.2 Å². The molecule has 1 heterocycles. The van der Waals surface area contributed by atoms with Gasteiger partial charge in [-0.15, -0.1) is 0 Å². The van der Waals surface area contributed by atoms with E-state index >= 15 is 0 Å². The highest BCUT2D eigenvalue weighted by Crippen LogP contribution is 2.32. The molecule has 0 unspecified atom stereocenters. The molecule has 0 aliphatic carbocycles. The molecule has 1 fully saturated rings. The predicted molar refractivity (Wildman–Crippen MR) is 71.5 cm³/mol. The number of benzene rings is 1. The maximum Gasteiger partial charge on any atom is 0.121 e. The van der Waals surface area contributed by atoms with Crippen molar-refractivity contribution in [3.05, 3.63) is 18.2 Å². The second-order valence-electron chi connectivity index (χ2n) is 3.89. The van der Waals surface area contributed by atoms with Gasteiger partial charge in [0.15, 0.2) is 0 Å². The van der Waals surface area contributed by atoms with Crippen molar-refractivity contribution in [3.63, 3.8) is 0 Å². The Balaban J connectivity index is 2.36. The molecule has 0 spiro atoms. The predicted octanol–water partition coefficient (Wildman–Crippen LogP) is 1.97. The fourth-order valence-electron chi connectivity index (χ4n) is 1.89. The van der Waals surface area contributed by atoms with Gasteiger partial charge in [0.2, 0.25) is 0 Å². The molecule has 1 saturated heterocycles. The van der Waals surface area contributed by atoms with Crippen molar-refractivity contribution in [2.75, 3.05) is 45.4 Å². The topological polar surface area (TPSA) is 46.4 Å². The molecule has 0 aromatic heterocycles. The van der Waals surface area contributed by atoms with Crippen molar-refractivity contribution in [3.8, 4) is 5.75 Å². The molecule has 1 aliphatic rings. The number of aliphatic imine (C=N–C) groups is 2. The summed E-state index contributed by atoms with van der Waals surface area (Å²) in [5.41, 5.74) is 1.89. The van der Waals surface area contributed by atoms with Gasteiger partial charge >= 0.3 is 0 Å². The first-order valence-corrected chi connectivity index (χ1v) is 5.90. The van der Waals surface area contributed by atoms with E-state index in [4.69, 9.17) is 9.47 Å². The van der Waals surface area contributed by atoms with Crippen LogP contribution >= 0.6 is 0 Å². The van der Waals surface area contributed by atoms with Gasteiger partial charge in [0.1, 0.15) is 5.75 Å². The highest BCUT2D eigenvalue weighted by molar-refractivity contribution is 5.72. The van der Waals surface area contributed by atoms with E-state index < -0.39 is 0 Å². The largest absolute Gasteiger partial charge is 0.497 e. The first-order valence-electron chi connectivity index (χ1n) is 5.90. The average Bonchev–Trinajstić information content (AvgIpc) is 2.46. The molecule has 18 heavy (non-hydrogen) atoms. The van der Waals surface area contributed by atoms with Gasteiger partial charge in [-0.2, -0.15) is 4.99 Å². The Morgan fingerprint density at radius 3 is 2.78 bits per heavy atom. The molecule has 1 aliphatic heterocycles. The highest BCUT2D eigenvalue weighted by atomic mass is 16.5. The van der Waals surface area contributed by atoms with Crippen LogP contribution < -0.4 is 9.64 Å². The number of methoxy groups -OCH3 is 1. The molecule has 0 atom stereocenters. The maximum atomic E-state index is 5.36. The van der Waals surface area contributed by atoms with Crippen LogP contribution in [0.1, 0.15) is 0 Å². The lowest BCUT2D eigenvalue weighted by Gasteiger charge is -2.29. The van der Waals surface area contributed by atoms with E-state index in [1.54, 1.807) is 14.2 Å². The van der Waals surface area contributed by atoms with Gasteiger partial charge in [-0.1, -0.05) is 0 Å². The summed E-state index contributed by atoms with van der Waals surface area (Å²) >= 11 is 0. The van der Waals surface area contributed by atoms with Gasteiger partial charge in [-0.3, -0.25) is 0 Å². The summed E-state index contributed by atoms with van der Waals surface area (Å²) in [7, 11) is 3.32. The van der Waals surface area contributed by atoms with E-state index in [1.165, 1.54) is 0 Å². The Kier molecular flexibility index (Phi) is 4.34. The lowest BCUT2D eigenvalue weighted by molar-refractivity contribution is 0.122. The molecular weight excluding hydrogens is 230 g/mol. The summed E-state index contributed by atoms with van der Waals surface area (Å²) in [5, 5.41) is 0. The van der Waals surface area contributed by atoms with Crippen LogP contribution in [0.5, 0.6) is 5.75 Å². The summed E-state index contributed by atoms with van der Waals surface area (Å²) in [6.45, 7) is 3.20. The maximum absolute atomic E-state index is 5.36. The zero-order valence-corrected chi connectivity index (χ0v) is 10.7. The molecular formula is C13H17N3O2. The zero-order chi connectivity index (χ0) is 12.8. The molecule has 0 N–H and O–H groups in total. The monoisotopic (exact) mass is 247 g/mol. The molecule has 0 saturated carbocycles. The second-order valence-corrected chi connectivity index (χ2v) is 3.89. The first kappa shape index (κ1) is 12.6. The van der Waals surface area contributed by atoms with E-state index in [0.29, 0.717) is 0 Å². The number of rotatable bonds is 3. The van der Waals surface area contributed by atoms with Crippen LogP contribution in [-0.2, 0) is 4.74 Å². The second kappa shape index (κ2) is 6.19. The molecule has 0 bridgehead atoms. The van der Waals surface area contributed by atoms with Gasteiger partial charge in [-0.25, -0.2) is 4.99 Å². The van der Waals surface area contributed by atoms with Crippen LogP contribution in [0.2, 0.25) is 0 Å². The van der Waals surface area contributed by atoms with Crippen LogP contribution in [0.4, 0.5) is 11.4 Å². The Hall–Kier alpha value is -1.84. The van der Waals surface area contributed by atoms with Crippen molar-refractivity contribution < 1.29 is 9.47 Å². The Labute approximate surface area is 107 Å². The standard InChI is InChI=1S/C13H17N3O2/c1-14-10-15-12-4-3-11(17-2)9-13(12)16-5-7-18-8-6-16/h3-4,9H,5-8H2,1-2H3. The van der Waals surface area contributed by atoms with Crippen LogP contribution in [0.25, 0.3) is 0 Å². The Bertz CT molecular complexity index is 461. The van der Waals surface area contributed by atoms with Crippen LogP contribution in [-0.4, -0.2) is 46.5 Å². The highest BCUT2D eigenvalue weighted by Gasteiger charge is 2.15. The average molecular weight is 247 g/mol. The van der Waals surface area contributed by atoms with Crippen molar-refractivity contribution >= 4 is 17.4 Å². The quantitative estimate of drug-likeness (QED) is 0.767. The van der Waals surface area contributed by atoms with E-state index in [2.05, 4.69) is 20.9 Å². The van der Waals surface area contributed by atoms with Crippen LogP contribution in [0.15, 0.2) is 28.2 Å². The molecule has 5 heteroatoms. The molecule has 0 amide bonds. The Morgan fingerprint density at radius 2 is 2.11 bits per heavy atom. The van der Waals surface area contributed by atoms with Gasteiger partial charge in [0.25, 0.3) is 0 Å². The minimum atomic E-state index is 0.738. The molecule has 5 nitrogen and oxygen atoms in total. The summed E-state index contributed by atoms with van der Waals surface area (Å²) in [4.78, 5) is 10.2. The minimum absolute atomic E-state index is 0.738. The SMILES string of the molecule is CN=C=Nc1ccc(OC)cc1N1CCOCC1. The lowest BCUT2D eigenvalue weighted by Crippen LogP contribution is -2.36. The van der Waals surface area contributed by atoms with E-state index in [1.807, 2.05) is 18.2 Å². The van der Waals surface area contributed by atoms with Gasteiger partial charge in [0.05, 0.1) is 37.7 Å². The third-order valence-corrected chi connectivity index (χ3v) is 2.80. The Morgan fingerprint density at radius 1 is 1.33 bits per heavy atom. The van der Waals surface area contributed by atoms with Crippen LogP contribution in [0.3, 0.4) is 0 Å². The van der Waals surface area contributed by atoms with Gasteiger partial charge < -0.3 is 14.4 Å². The van der Waals surface area contributed by atoms with Gasteiger partial charge in [-0.05, 0) is 12.1 Å². The zero-order valence-electron chi connectivity index (χ0n) is 10.7. The van der Waals surface area contributed by atoms with E-state index in [9.17, 15) is 0 Å². The number of hydrogen-bond donors (Lipinski definition) is 0. The van der Waals surface area contributed by atoms with Crippen molar-refractivity contribution in [1.29, 1.82) is 0 Å². The molecule has 1 aromatic rings. The third-order valence-electron chi connectivity index (χ3n) is 2.80. The number of hydrogen-bond acceptors (Lipinski definition) is 5. The number of nitrogens with zero attached hydrogens (tertiary/aromatic N) is 3. The molecule has 0 radical (unpaired) electrons. The van der Waals surface area contributed by atoms with E-state index in [-0.39, 0.29) is 0 Å². The fraction of sp³-hybridized carbons (Fsp3) is 0.462. The van der Waals surface area contributed by atoms with Crippen molar-refractivity contribution in [2.45, 2.75) is 0 Å². The van der Waals surface area contributed by atoms with Crippen molar-refractivity contribution in [2.24, 2.45) is 9.98 Å². The number of anilines is 1. The molecule has 2 rings (SSSR count). The summed E-state index contributed by atoms with van der Waals surface area (Å²) in [6, 6.07) is 8.43. The summed E-state index contributed by atoms with van der Waals surface area (Å²) in [6.07, 6.45) is 0. The van der Waals surface area contributed by atoms with Crippen molar-refractivity contribution in [1.82, 2.24) is 0 Å². The minimum Gasteiger partial charge on any atom is -0.497 e. The normalized spacial score (nSPS) is 14.9. The molecule has 1 aromatic carbocycles. The van der Waals surface area contributed by atoms with Crippen LogP contribution in [0, 0.1) is 0 Å². The first-order chi connectivity index (χ1) is 8.85. The number of ether oxygens (including phenoxy) is 2.